The minimum absolute atomic E-state index is 0.199. The van der Waals surface area contributed by atoms with Gasteiger partial charge >= 0.3 is 0 Å². The van der Waals surface area contributed by atoms with Gasteiger partial charge < -0.3 is 15.2 Å². The fraction of sp³-hybridized carbons (Fsp3) is 0.250. The van der Waals surface area contributed by atoms with Gasteiger partial charge in [-0.1, -0.05) is 24.3 Å². The Kier molecular flexibility index (Phi) is 3.56. The van der Waals surface area contributed by atoms with Gasteiger partial charge in [0.15, 0.2) is 11.5 Å². The van der Waals surface area contributed by atoms with Gasteiger partial charge in [-0.3, -0.25) is 0 Å². The van der Waals surface area contributed by atoms with Crippen molar-refractivity contribution in [3.63, 3.8) is 0 Å². The third-order valence-corrected chi connectivity index (χ3v) is 3.39. The van der Waals surface area contributed by atoms with Crippen molar-refractivity contribution in [2.45, 2.75) is 18.6 Å². The largest absolute Gasteiger partial charge is 0.486 e. The summed E-state index contributed by atoms with van der Waals surface area (Å²) < 4.78 is 24.4. The van der Waals surface area contributed by atoms with Crippen molar-refractivity contribution in [3.05, 3.63) is 59.9 Å². The molecule has 0 bridgehead atoms. The zero-order valence-corrected chi connectivity index (χ0v) is 11.0. The second-order valence-corrected chi connectivity index (χ2v) is 4.91. The lowest BCUT2D eigenvalue weighted by Crippen LogP contribution is -2.46. The minimum atomic E-state index is -0.242. The van der Waals surface area contributed by atoms with E-state index in [1.807, 2.05) is 24.3 Å². The highest BCUT2D eigenvalue weighted by Gasteiger charge is 2.26. The Morgan fingerprint density at radius 2 is 1.80 bits per heavy atom. The van der Waals surface area contributed by atoms with Crippen LogP contribution in [0.25, 0.3) is 0 Å². The van der Waals surface area contributed by atoms with Crippen LogP contribution in [0.15, 0.2) is 48.5 Å². The second-order valence-electron chi connectivity index (χ2n) is 4.91. The van der Waals surface area contributed by atoms with Gasteiger partial charge in [0.05, 0.1) is 0 Å². The van der Waals surface area contributed by atoms with Crippen LogP contribution in [0.3, 0.4) is 0 Å². The number of nitrogens with two attached hydrogens (primary N) is 1. The lowest BCUT2D eigenvalue weighted by Gasteiger charge is -2.30. The number of halogens is 1. The summed E-state index contributed by atoms with van der Waals surface area (Å²) >= 11 is 0. The first kappa shape index (κ1) is 12.9. The Hall–Kier alpha value is -2.07. The van der Waals surface area contributed by atoms with Crippen molar-refractivity contribution in [2.75, 3.05) is 6.61 Å². The molecule has 0 saturated heterocycles. The summed E-state index contributed by atoms with van der Waals surface area (Å²) in [6, 6.07) is 13.7. The van der Waals surface area contributed by atoms with Crippen LogP contribution in [0, 0.1) is 5.82 Å². The summed E-state index contributed by atoms with van der Waals surface area (Å²) in [5.74, 6) is 1.23. The Bertz CT molecular complexity index is 585. The number of benzene rings is 2. The van der Waals surface area contributed by atoms with E-state index in [0.29, 0.717) is 13.0 Å². The predicted octanol–water partition coefficient (Wildman–Crippen LogP) is 2.54. The molecule has 0 radical (unpaired) electrons. The smallest absolute Gasteiger partial charge is 0.161 e. The molecule has 0 aromatic heterocycles. The molecule has 104 valence electrons. The van der Waals surface area contributed by atoms with Gasteiger partial charge in [-0.25, -0.2) is 4.39 Å². The van der Waals surface area contributed by atoms with Crippen LogP contribution in [0.4, 0.5) is 4.39 Å². The summed E-state index contributed by atoms with van der Waals surface area (Å²) in [4.78, 5) is 0. The van der Waals surface area contributed by atoms with Gasteiger partial charge in [0.2, 0.25) is 0 Å². The number of rotatable bonds is 3. The molecular formula is C16H16FNO2. The molecule has 0 saturated carbocycles. The first-order chi connectivity index (χ1) is 9.72. The molecule has 2 aromatic rings. The predicted molar refractivity (Wildman–Crippen MR) is 74.4 cm³/mol. The van der Waals surface area contributed by atoms with Crippen molar-refractivity contribution >= 4 is 0 Å². The van der Waals surface area contributed by atoms with E-state index in [1.54, 1.807) is 12.1 Å². The van der Waals surface area contributed by atoms with E-state index in [1.165, 1.54) is 12.1 Å². The van der Waals surface area contributed by atoms with E-state index in [2.05, 4.69) is 0 Å². The number of fused-ring (bicyclic) bond motifs is 1. The van der Waals surface area contributed by atoms with Gasteiger partial charge in [-0.2, -0.15) is 0 Å². The maximum absolute atomic E-state index is 12.9. The molecule has 4 heteroatoms. The average molecular weight is 273 g/mol. The SMILES string of the molecule is N[C@@H](Cc1ccc(F)cc1)[C@@H]1COc2ccccc2O1. The van der Waals surface area contributed by atoms with E-state index in [0.717, 1.165) is 17.1 Å². The fourth-order valence-electron chi connectivity index (χ4n) is 2.27. The highest BCUT2D eigenvalue weighted by molar-refractivity contribution is 5.40. The van der Waals surface area contributed by atoms with Gasteiger partial charge in [0, 0.05) is 6.04 Å². The first-order valence-electron chi connectivity index (χ1n) is 6.61. The standard InChI is InChI=1S/C16H16FNO2/c17-12-7-5-11(6-8-12)9-13(18)16-10-19-14-3-1-2-4-15(14)20-16/h1-8,13,16H,9-10,18H2/t13-,16-/m0/s1. The molecule has 2 atom stereocenters. The summed E-state index contributed by atoms with van der Waals surface area (Å²) in [5, 5.41) is 0. The molecule has 3 rings (SSSR count). The Balaban J connectivity index is 1.67. The summed E-state index contributed by atoms with van der Waals surface area (Å²) in [6.07, 6.45) is 0.422. The Morgan fingerprint density at radius 1 is 1.10 bits per heavy atom. The average Bonchev–Trinajstić information content (AvgIpc) is 2.49. The number of para-hydroxylation sites is 2. The summed E-state index contributed by atoms with van der Waals surface area (Å²) in [5.41, 5.74) is 7.16. The molecule has 20 heavy (non-hydrogen) atoms. The van der Waals surface area contributed by atoms with Crippen molar-refractivity contribution in [1.82, 2.24) is 0 Å². The maximum Gasteiger partial charge on any atom is 0.161 e. The van der Waals surface area contributed by atoms with E-state index >= 15 is 0 Å². The molecule has 0 aliphatic carbocycles. The number of hydrogen-bond donors (Lipinski definition) is 1. The third-order valence-electron chi connectivity index (χ3n) is 3.39. The van der Waals surface area contributed by atoms with Crippen molar-refractivity contribution in [3.8, 4) is 11.5 Å². The zero-order chi connectivity index (χ0) is 13.9. The van der Waals surface area contributed by atoms with Crippen molar-refractivity contribution < 1.29 is 13.9 Å². The Morgan fingerprint density at radius 3 is 2.55 bits per heavy atom. The summed E-state index contributed by atoms with van der Waals surface area (Å²) in [6.45, 7) is 0.430. The van der Waals surface area contributed by atoms with Crippen LogP contribution < -0.4 is 15.2 Å². The second kappa shape index (κ2) is 5.51. The quantitative estimate of drug-likeness (QED) is 0.934. The lowest BCUT2D eigenvalue weighted by molar-refractivity contribution is 0.0723. The zero-order valence-electron chi connectivity index (χ0n) is 11.0. The van der Waals surface area contributed by atoms with E-state index < -0.39 is 0 Å². The Labute approximate surface area is 117 Å². The van der Waals surface area contributed by atoms with E-state index in [4.69, 9.17) is 15.2 Å². The topological polar surface area (TPSA) is 44.5 Å². The van der Waals surface area contributed by atoms with Crippen LogP contribution in [-0.4, -0.2) is 18.8 Å². The molecule has 0 fully saturated rings. The van der Waals surface area contributed by atoms with Crippen LogP contribution in [0.5, 0.6) is 11.5 Å². The first-order valence-corrected chi connectivity index (χ1v) is 6.61. The maximum atomic E-state index is 12.9. The molecular weight excluding hydrogens is 257 g/mol. The van der Waals surface area contributed by atoms with Gasteiger partial charge in [-0.05, 0) is 36.2 Å². The van der Waals surface area contributed by atoms with Crippen LogP contribution in [0.2, 0.25) is 0 Å². The van der Waals surface area contributed by atoms with Gasteiger partial charge in [-0.15, -0.1) is 0 Å². The molecule has 1 aliphatic rings. The molecule has 0 spiro atoms. The van der Waals surface area contributed by atoms with Crippen LogP contribution >= 0.6 is 0 Å². The fourth-order valence-corrected chi connectivity index (χ4v) is 2.27. The molecule has 1 aliphatic heterocycles. The molecule has 3 nitrogen and oxygen atoms in total. The number of hydrogen-bond acceptors (Lipinski definition) is 3. The van der Waals surface area contributed by atoms with Gasteiger partial charge in [0.25, 0.3) is 0 Å². The monoisotopic (exact) mass is 273 g/mol. The highest BCUT2D eigenvalue weighted by atomic mass is 19.1. The molecule has 2 aromatic carbocycles. The normalized spacial score (nSPS) is 18.6. The lowest BCUT2D eigenvalue weighted by atomic mass is 10.0. The molecule has 1 heterocycles. The van der Waals surface area contributed by atoms with Gasteiger partial charge in [0.1, 0.15) is 18.5 Å². The van der Waals surface area contributed by atoms with Crippen LogP contribution in [-0.2, 0) is 6.42 Å². The van der Waals surface area contributed by atoms with Crippen molar-refractivity contribution in [1.29, 1.82) is 0 Å². The minimum Gasteiger partial charge on any atom is -0.486 e. The molecule has 0 amide bonds. The van der Waals surface area contributed by atoms with E-state index in [9.17, 15) is 4.39 Å². The molecule has 0 unspecified atom stereocenters. The molecule has 2 N–H and O–H groups in total. The highest BCUT2D eigenvalue weighted by Crippen LogP contribution is 2.31. The number of ether oxygens (including phenoxy) is 2. The van der Waals surface area contributed by atoms with Crippen LogP contribution in [0.1, 0.15) is 5.56 Å². The summed E-state index contributed by atoms with van der Waals surface area (Å²) in [7, 11) is 0. The third kappa shape index (κ3) is 2.75. The van der Waals surface area contributed by atoms with E-state index in [-0.39, 0.29) is 18.0 Å². The van der Waals surface area contributed by atoms with Crippen molar-refractivity contribution in [2.24, 2.45) is 5.73 Å².